The quantitative estimate of drug-likeness (QED) is 0.666. The van der Waals surface area contributed by atoms with Gasteiger partial charge in [-0.2, -0.15) is 5.10 Å². The Bertz CT molecular complexity index is 615. The van der Waals surface area contributed by atoms with Crippen molar-refractivity contribution in [2.24, 2.45) is 5.10 Å². The maximum Gasteiger partial charge on any atom is 0.275 e. The van der Waals surface area contributed by atoms with Crippen molar-refractivity contribution in [3.05, 3.63) is 58.9 Å². The number of benzene rings is 1. The Balaban J connectivity index is 2.06. The van der Waals surface area contributed by atoms with Crippen LogP contribution >= 0.6 is 11.6 Å². The molecule has 0 spiro atoms. The zero-order chi connectivity index (χ0) is 13.7. The van der Waals surface area contributed by atoms with Gasteiger partial charge in [0.05, 0.1) is 11.8 Å². The van der Waals surface area contributed by atoms with Crippen LogP contribution in [-0.2, 0) is 0 Å². The Morgan fingerprint density at radius 2 is 2.05 bits per heavy atom. The van der Waals surface area contributed by atoms with Gasteiger partial charge in [-0.1, -0.05) is 11.6 Å². The number of carbonyl (C=O) groups is 1. The number of nitrogens with one attached hydrogen (secondary N) is 1. The third-order valence-corrected chi connectivity index (χ3v) is 2.52. The minimum Gasteiger partial charge on any atom is -0.507 e. The highest BCUT2D eigenvalue weighted by molar-refractivity contribution is 6.31. The van der Waals surface area contributed by atoms with Crippen LogP contribution in [-0.4, -0.2) is 22.2 Å². The summed E-state index contributed by atoms with van der Waals surface area (Å²) in [6.07, 6.45) is 4.71. The predicted octanol–water partition coefficient (Wildman–Crippen LogP) is 2.20. The highest BCUT2D eigenvalue weighted by Gasteiger charge is 2.10. The Labute approximate surface area is 114 Å². The zero-order valence-electron chi connectivity index (χ0n) is 9.75. The smallest absolute Gasteiger partial charge is 0.275 e. The van der Waals surface area contributed by atoms with Gasteiger partial charge in [0.15, 0.2) is 0 Å². The highest BCUT2D eigenvalue weighted by Crippen LogP contribution is 2.21. The Morgan fingerprint density at radius 1 is 1.32 bits per heavy atom. The maximum absolute atomic E-state index is 11.8. The SMILES string of the molecule is O=C(N/N=C\c1ccncc1)c1cc(Cl)ccc1O. The lowest BCUT2D eigenvalue weighted by molar-refractivity contribution is 0.0952. The largest absolute Gasteiger partial charge is 0.507 e. The van der Waals surface area contributed by atoms with Gasteiger partial charge in [0, 0.05) is 17.4 Å². The van der Waals surface area contributed by atoms with E-state index in [1.165, 1.54) is 24.4 Å². The van der Waals surface area contributed by atoms with Gasteiger partial charge in [0.2, 0.25) is 0 Å². The van der Waals surface area contributed by atoms with Crippen LogP contribution in [0.3, 0.4) is 0 Å². The lowest BCUT2D eigenvalue weighted by Crippen LogP contribution is -2.17. The molecule has 0 fully saturated rings. The molecule has 0 bridgehead atoms. The number of aromatic nitrogens is 1. The Kier molecular flexibility index (Phi) is 4.10. The molecule has 0 saturated carbocycles. The van der Waals surface area contributed by atoms with Crippen LogP contribution in [0.4, 0.5) is 0 Å². The van der Waals surface area contributed by atoms with E-state index in [1.54, 1.807) is 24.5 Å². The Morgan fingerprint density at radius 3 is 2.79 bits per heavy atom. The number of phenols is 1. The van der Waals surface area contributed by atoms with Crippen molar-refractivity contribution in [2.75, 3.05) is 0 Å². The molecule has 0 atom stereocenters. The second-order valence-electron chi connectivity index (χ2n) is 3.64. The van der Waals surface area contributed by atoms with Gasteiger partial charge < -0.3 is 5.11 Å². The summed E-state index contributed by atoms with van der Waals surface area (Å²) in [5, 5.41) is 13.7. The summed E-state index contributed by atoms with van der Waals surface area (Å²) in [5.41, 5.74) is 3.17. The third kappa shape index (κ3) is 3.53. The second kappa shape index (κ2) is 5.97. The van der Waals surface area contributed by atoms with Crippen LogP contribution in [0.2, 0.25) is 5.02 Å². The molecule has 5 nitrogen and oxygen atoms in total. The summed E-state index contributed by atoms with van der Waals surface area (Å²) in [6.45, 7) is 0. The van der Waals surface area contributed by atoms with Crippen LogP contribution in [0.1, 0.15) is 15.9 Å². The first-order valence-corrected chi connectivity index (χ1v) is 5.76. The summed E-state index contributed by atoms with van der Waals surface area (Å²) in [7, 11) is 0. The molecular formula is C13H10ClN3O2. The van der Waals surface area contributed by atoms with Crippen LogP contribution in [0, 0.1) is 0 Å². The van der Waals surface area contributed by atoms with E-state index in [9.17, 15) is 9.90 Å². The molecule has 2 rings (SSSR count). The summed E-state index contributed by atoms with van der Waals surface area (Å²) in [4.78, 5) is 15.6. The molecule has 1 aromatic carbocycles. The van der Waals surface area contributed by atoms with E-state index in [4.69, 9.17) is 11.6 Å². The number of carbonyl (C=O) groups excluding carboxylic acids is 1. The number of aromatic hydroxyl groups is 1. The fourth-order valence-corrected chi connectivity index (χ4v) is 1.54. The number of nitrogens with zero attached hydrogens (tertiary/aromatic N) is 2. The highest BCUT2D eigenvalue weighted by atomic mass is 35.5. The van der Waals surface area contributed by atoms with E-state index in [0.717, 1.165) is 5.56 Å². The average Bonchev–Trinajstić information content (AvgIpc) is 2.42. The lowest BCUT2D eigenvalue weighted by atomic mass is 10.2. The molecule has 2 N–H and O–H groups in total. The molecule has 1 aromatic heterocycles. The van der Waals surface area contributed by atoms with Crippen LogP contribution in [0.15, 0.2) is 47.8 Å². The second-order valence-corrected chi connectivity index (χ2v) is 4.08. The Hall–Kier alpha value is -2.40. The molecule has 0 unspecified atom stereocenters. The minimum atomic E-state index is -0.537. The summed E-state index contributed by atoms with van der Waals surface area (Å²) in [6, 6.07) is 7.70. The molecule has 0 aliphatic heterocycles. The van der Waals surface area contributed by atoms with Gasteiger partial charge in [-0.3, -0.25) is 9.78 Å². The predicted molar refractivity (Wildman–Crippen MR) is 72.4 cm³/mol. The van der Waals surface area contributed by atoms with Crippen molar-refractivity contribution in [3.8, 4) is 5.75 Å². The summed E-state index contributed by atoms with van der Waals surface area (Å²) in [5.74, 6) is -0.689. The van der Waals surface area contributed by atoms with Gasteiger partial charge in [-0.05, 0) is 35.9 Å². The first kappa shape index (κ1) is 13.0. The molecule has 1 heterocycles. The van der Waals surface area contributed by atoms with E-state index < -0.39 is 5.91 Å². The van der Waals surface area contributed by atoms with E-state index in [0.29, 0.717) is 5.02 Å². The fraction of sp³-hybridized carbons (Fsp3) is 0. The number of phenolic OH excluding ortho intramolecular Hbond substituents is 1. The zero-order valence-corrected chi connectivity index (χ0v) is 10.5. The monoisotopic (exact) mass is 275 g/mol. The molecule has 96 valence electrons. The van der Waals surface area contributed by atoms with E-state index >= 15 is 0 Å². The van der Waals surface area contributed by atoms with Crippen LogP contribution in [0.5, 0.6) is 5.75 Å². The van der Waals surface area contributed by atoms with Crippen molar-refractivity contribution in [3.63, 3.8) is 0 Å². The van der Waals surface area contributed by atoms with E-state index in [1.807, 2.05) is 0 Å². The number of amides is 1. The van der Waals surface area contributed by atoms with Crippen LogP contribution < -0.4 is 5.43 Å². The van der Waals surface area contributed by atoms with Crippen molar-refractivity contribution in [1.82, 2.24) is 10.4 Å². The molecule has 0 saturated heterocycles. The van der Waals surface area contributed by atoms with Crippen molar-refractivity contribution in [2.45, 2.75) is 0 Å². The number of rotatable bonds is 3. The van der Waals surface area contributed by atoms with Gasteiger partial charge in [-0.15, -0.1) is 0 Å². The van der Waals surface area contributed by atoms with E-state index in [-0.39, 0.29) is 11.3 Å². The minimum absolute atomic E-state index is 0.0689. The lowest BCUT2D eigenvalue weighted by Gasteiger charge is -2.03. The summed E-state index contributed by atoms with van der Waals surface area (Å²) < 4.78 is 0. The molecule has 0 aliphatic rings. The van der Waals surface area contributed by atoms with E-state index in [2.05, 4.69) is 15.5 Å². The number of halogens is 1. The normalized spacial score (nSPS) is 10.6. The van der Waals surface area contributed by atoms with Gasteiger partial charge in [0.1, 0.15) is 5.75 Å². The summed E-state index contributed by atoms with van der Waals surface area (Å²) >= 11 is 5.75. The average molecular weight is 276 g/mol. The number of hydrogen-bond acceptors (Lipinski definition) is 4. The van der Waals surface area contributed by atoms with Gasteiger partial charge in [0.25, 0.3) is 5.91 Å². The first-order chi connectivity index (χ1) is 9.16. The van der Waals surface area contributed by atoms with Crippen molar-refractivity contribution < 1.29 is 9.90 Å². The topological polar surface area (TPSA) is 74.6 Å². The molecule has 2 aromatic rings. The molecule has 19 heavy (non-hydrogen) atoms. The fourth-order valence-electron chi connectivity index (χ4n) is 1.37. The standard InChI is InChI=1S/C13H10ClN3O2/c14-10-1-2-12(18)11(7-10)13(19)17-16-8-9-3-5-15-6-4-9/h1-8,18H,(H,17,19)/b16-8-. The van der Waals surface area contributed by atoms with Gasteiger partial charge >= 0.3 is 0 Å². The molecular weight excluding hydrogens is 266 g/mol. The van der Waals surface area contributed by atoms with Crippen molar-refractivity contribution >= 4 is 23.7 Å². The third-order valence-electron chi connectivity index (χ3n) is 2.29. The first-order valence-electron chi connectivity index (χ1n) is 5.39. The maximum atomic E-state index is 11.8. The number of hydrogen-bond donors (Lipinski definition) is 2. The van der Waals surface area contributed by atoms with Crippen molar-refractivity contribution in [1.29, 1.82) is 0 Å². The molecule has 1 amide bonds. The molecule has 0 radical (unpaired) electrons. The van der Waals surface area contributed by atoms with Crippen LogP contribution in [0.25, 0.3) is 0 Å². The molecule has 0 aliphatic carbocycles. The number of pyridine rings is 1. The number of hydrazone groups is 1. The molecule has 6 heteroatoms. The van der Waals surface area contributed by atoms with Gasteiger partial charge in [-0.25, -0.2) is 5.43 Å².